The summed E-state index contributed by atoms with van der Waals surface area (Å²) in [6.07, 6.45) is 0. The topological polar surface area (TPSA) is 29.0 Å². The van der Waals surface area contributed by atoms with Crippen LogP contribution in [0, 0.1) is 0 Å². The molecule has 1 aromatic heterocycles. The van der Waals surface area contributed by atoms with Crippen molar-refractivity contribution in [2.24, 2.45) is 0 Å². The third-order valence-electron chi connectivity index (χ3n) is 11.5. The van der Waals surface area contributed by atoms with Gasteiger partial charge in [-0.05, 0) is 87.0 Å². The lowest BCUT2D eigenvalue weighted by Gasteiger charge is -2.45. The summed E-state index contributed by atoms with van der Waals surface area (Å²) in [5, 5.41) is 0. The molecule has 11 rings (SSSR count). The van der Waals surface area contributed by atoms with Crippen molar-refractivity contribution in [2.75, 3.05) is 4.90 Å². The molecule has 0 saturated heterocycles. The average molecular weight is 714 g/mol. The Bertz CT molecular complexity index is 2810. The van der Waals surface area contributed by atoms with Gasteiger partial charge in [-0.25, -0.2) is 9.97 Å². The minimum atomic E-state index is -0.514. The smallest absolute Gasteiger partial charge is 0.160 e. The zero-order valence-electron chi connectivity index (χ0n) is 30.5. The number of anilines is 3. The molecule has 1 aliphatic heterocycles. The SMILES string of the molecule is c1ccc(-c2cc(-c3cccc(-c4ccc5c(c4)C4(c6ccccc6-5)c5ccccc5N(c5ccccc5)c5ccccc54)c3)nc(-c3ccccc3)n2)cc1. The van der Waals surface area contributed by atoms with Crippen molar-refractivity contribution in [1.29, 1.82) is 0 Å². The minimum absolute atomic E-state index is 0.514. The number of benzene rings is 8. The third kappa shape index (κ3) is 4.91. The summed E-state index contributed by atoms with van der Waals surface area (Å²) in [5.41, 5.74) is 17.9. The lowest BCUT2D eigenvalue weighted by Crippen LogP contribution is -2.36. The second-order valence-electron chi connectivity index (χ2n) is 14.5. The van der Waals surface area contributed by atoms with E-state index in [9.17, 15) is 0 Å². The molecule has 262 valence electrons. The van der Waals surface area contributed by atoms with Gasteiger partial charge in [0.25, 0.3) is 0 Å². The molecule has 3 nitrogen and oxygen atoms in total. The van der Waals surface area contributed by atoms with Gasteiger partial charge >= 0.3 is 0 Å². The lowest BCUT2D eigenvalue weighted by atomic mass is 9.64. The number of hydrogen-bond donors (Lipinski definition) is 0. The highest BCUT2D eigenvalue weighted by Crippen LogP contribution is 2.63. The second-order valence-corrected chi connectivity index (χ2v) is 14.5. The first-order valence-corrected chi connectivity index (χ1v) is 19.2. The van der Waals surface area contributed by atoms with Crippen LogP contribution in [-0.2, 0) is 5.41 Å². The van der Waals surface area contributed by atoms with E-state index in [1.165, 1.54) is 50.3 Å². The fourth-order valence-corrected chi connectivity index (χ4v) is 9.07. The van der Waals surface area contributed by atoms with Crippen LogP contribution in [0.5, 0.6) is 0 Å². The Labute approximate surface area is 326 Å². The van der Waals surface area contributed by atoms with Crippen LogP contribution in [0.15, 0.2) is 212 Å². The maximum atomic E-state index is 5.15. The molecule has 0 atom stereocenters. The molecule has 0 bridgehead atoms. The van der Waals surface area contributed by atoms with Gasteiger partial charge in [-0.15, -0.1) is 0 Å². The highest BCUT2D eigenvalue weighted by molar-refractivity contribution is 5.96. The Morgan fingerprint density at radius 3 is 1.52 bits per heavy atom. The molecule has 3 heteroatoms. The number of aromatic nitrogens is 2. The van der Waals surface area contributed by atoms with Crippen LogP contribution in [-0.4, -0.2) is 9.97 Å². The van der Waals surface area contributed by atoms with E-state index >= 15 is 0 Å². The van der Waals surface area contributed by atoms with Crippen LogP contribution in [0.25, 0.3) is 56.2 Å². The van der Waals surface area contributed by atoms with Gasteiger partial charge in [0, 0.05) is 22.4 Å². The summed E-state index contributed by atoms with van der Waals surface area (Å²) < 4.78 is 0. The summed E-state index contributed by atoms with van der Waals surface area (Å²) in [4.78, 5) is 12.6. The summed E-state index contributed by atoms with van der Waals surface area (Å²) >= 11 is 0. The van der Waals surface area contributed by atoms with E-state index < -0.39 is 5.41 Å². The predicted octanol–water partition coefficient (Wildman–Crippen LogP) is 13.3. The van der Waals surface area contributed by atoms with Crippen LogP contribution in [0.2, 0.25) is 0 Å². The normalized spacial score (nSPS) is 13.1. The largest absolute Gasteiger partial charge is 0.310 e. The first-order valence-electron chi connectivity index (χ1n) is 19.2. The van der Waals surface area contributed by atoms with E-state index in [2.05, 4.69) is 193 Å². The van der Waals surface area contributed by atoms with Crippen LogP contribution < -0.4 is 4.90 Å². The molecule has 2 heterocycles. The number of fused-ring (bicyclic) bond motifs is 9. The van der Waals surface area contributed by atoms with Crippen molar-refractivity contribution in [1.82, 2.24) is 9.97 Å². The molecule has 0 saturated carbocycles. The zero-order chi connectivity index (χ0) is 37.1. The van der Waals surface area contributed by atoms with E-state index in [1.54, 1.807) is 0 Å². The molecule has 1 spiro atoms. The quantitative estimate of drug-likeness (QED) is 0.178. The summed E-state index contributed by atoms with van der Waals surface area (Å²) in [6, 6.07) is 76.3. The average Bonchev–Trinajstić information content (AvgIpc) is 3.57. The Morgan fingerprint density at radius 1 is 0.321 bits per heavy atom. The van der Waals surface area contributed by atoms with Crippen LogP contribution in [0.1, 0.15) is 22.3 Å². The van der Waals surface area contributed by atoms with Crippen LogP contribution in [0.3, 0.4) is 0 Å². The molecule has 1 aliphatic carbocycles. The van der Waals surface area contributed by atoms with Gasteiger partial charge in [-0.1, -0.05) is 170 Å². The van der Waals surface area contributed by atoms with Gasteiger partial charge in [0.1, 0.15) is 0 Å². The van der Waals surface area contributed by atoms with Gasteiger partial charge in [-0.2, -0.15) is 0 Å². The van der Waals surface area contributed by atoms with Gasteiger partial charge in [0.2, 0.25) is 0 Å². The molecule has 0 amide bonds. The van der Waals surface area contributed by atoms with E-state index in [0.29, 0.717) is 5.82 Å². The minimum Gasteiger partial charge on any atom is -0.310 e. The first kappa shape index (κ1) is 32.1. The summed E-state index contributed by atoms with van der Waals surface area (Å²) in [5.74, 6) is 0.712. The highest BCUT2D eigenvalue weighted by atomic mass is 15.2. The Hall–Kier alpha value is -7.36. The van der Waals surface area contributed by atoms with Gasteiger partial charge in [0.15, 0.2) is 5.82 Å². The van der Waals surface area contributed by atoms with Crippen molar-refractivity contribution < 1.29 is 0 Å². The molecular formula is C53H35N3. The van der Waals surface area contributed by atoms with E-state index in [4.69, 9.17) is 9.97 Å². The lowest BCUT2D eigenvalue weighted by molar-refractivity contribution is 0.753. The second kappa shape index (κ2) is 12.9. The fraction of sp³-hybridized carbons (Fsp3) is 0.0189. The number of hydrogen-bond acceptors (Lipinski definition) is 3. The summed E-state index contributed by atoms with van der Waals surface area (Å²) in [7, 11) is 0. The number of rotatable bonds is 5. The molecule has 0 fully saturated rings. The Balaban J connectivity index is 1.11. The zero-order valence-corrected chi connectivity index (χ0v) is 30.5. The van der Waals surface area contributed by atoms with Crippen molar-refractivity contribution in [3.8, 4) is 56.2 Å². The molecule has 9 aromatic rings. The predicted molar refractivity (Wildman–Crippen MR) is 229 cm³/mol. The van der Waals surface area contributed by atoms with Crippen molar-refractivity contribution >= 4 is 17.1 Å². The number of nitrogens with zero attached hydrogens (tertiary/aromatic N) is 3. The van der Waals surface area contributed by atoms with Gasteiger partial charge in [0.05, 0.1) is 28.2 Å². The van der Waals surface area contributed by atoms with Gasteiger partial charge < -0.3 is 4.90 Å². The Morgan fingerprint density at radius 2 is 0.821 bits per heavy atom. The standard InChI is InChI=1S/C53H35N3/c1-4-17-36(18-5-1)48-35-49(55-52(54-48)37-19-6-2-7-20-37)40-22-16-21-38(33-40)39-31-32-43-42-25-10-11-26-44(42)53(47(43)34-39)45-27-12-14-29-50(45)56(41-23-8-3-9-24-41)51-30-15-13-28-46(51)53/h1-35H. The van der Waals surface area contributed by atoms with Crippen molar-refractivity contribution in [3.63, 3.8) is 0 Å². The molecule has 56 heavy (non-hydrogen) atoms. The third-order valence-corrected chi connectivity index (χ3v) is 11.5. The monoisotopic (exact) mass is 713 g/mol. The van der Waals surface area contributed by atoms with Crippen LogP contribution in [0.4, 0.5) is 17.1 Å². The maximum Gasteiger partial charge on any atom is 0.160 e. The highest BCUT2D eigenvalue weighted by Gasteiger charge is 2.51. The van der Waals surface area contributed by atoms with E-state index in [-0.39, 0.29) is 0 Å². The van der Waals surface area contributed by atoms with E-state index in [1.807, 2.05) is 24.3 Å². The number of para-hydroxylation sites is 3. The maximum absolute atomic E-state index is 5.15. The fourth-order valence-electron chi connectivity index (χ4n) is 9.07. The van der Waals surface area contributed by atoms with E-state index in [0.717, 1.165) is 39.3 Å². The molecule has 0 N–H and O–H groups in total. The molecule has 8 aromatic carbocycles. The summed E-state index contributed by atoms with van der Waals surface area (Å²) in [6.45, 7) is 0. The first-order chi connectivity index (χ1) is 27.8. The molecule has 0 radical (unpaired) electrons. The van der Waals surface area contributed by atoms with Crippen molar-refractivity contribution in [3.05, 3.63) is 235 Å². The molecular weight excluding hydrogens is 679 g/mol. The van der Waals surface area contributed by atoms with Crippen LogP contribution >= 0.6 is 0 Å². The Kier molecular flexibility index (Phi) is 7.39. The molecule has 2 aliphatic rings. The van der Waals surface area contributed by atoms with Crippen molar-refractivity contribution in [2.45, 2.75) is 5.41 Å². The van der Waals surface area contributed by atoms with Gasteiger partial charge in [-0.3, -0.25) is 0 Å². The molecule has 0 unspecified atom stereocenters.